The van der Waals surface area contributed by atoms with Crippen molar-refractivity contribution in [3.8, 4) is 0 Å². The lowest BCUT2D eigenvalue weighted by atomic mass is 10.1. The van der Waals surface area contributed by atoms with Gasteiger partial charge < -0.3 is 11.1 Å². The molecule has 0 aromatic carbocycles. The van der Waals surface area contributed by atoms with Crippen LogP contribution in [0.5, 0.6) is 0 Å². The Morgan fingerprint density at radius 1 is 1.56 bits per heavy atom. The summed E-state index contributed by atoms with van der Waals surface area (Å²) in [5.74, 6) is 0.618. The van der Waals surface area contributed by atoms with Gasteiger partial charge in [0.05, 0.1) is 5.69 Å². The van der Waals surface area contributed by atoms with E-state index in [0.717, 1.165) is 18.5 Å². The van der Waals surface area contributed by atoms with Gasteiger partial charge in [-0.15, -0.1) is 0 Å². The Hall–Kier alpha value is -1.42. The summed E-state index contributed by atoms with van der Waals surface area (Å²) in [5, 5.41) is 2.80. The van der Waals surface area contributed by atoms with Crippen molar-refractivity contribution in [2.45, 2.75) is 33.2 Å². The summed E-state index contributed by atoms with van der Waals surface area (Å²) in [6, 6.07) is 5.45. The highest BCUT2D eigenvalue weighted by atomic mass is 16.1. The Bertz CT molecular complexity index is 352. The summed E-state index contributed by atoms with van der Waals surface area (Å²) in [6.07, 6.45) is 1.90. The molecule has 1 atom stereocenters. The molecule has 4 nitrogen and oxygen atoms in total. The zero-order valence-corrected chi connectivity index (χ0v) is 9.86. The number of pyridine rings is 1. The van der Waals surface area contributed by atoms with E-state index in [4.69, 9.17) is 5.73 Å². The normalized spacial score (nSPS) is 12.2. The maximum Gasteiger partial charge on any atom is 0.228 e. The van der Waals surface area contributed by atoms with Crippen LogP contribution in [0.25, 0.3) is 0 Å². The molecule has 0 aliphatic rings. The van der Waals surface area contributed by atoms with Crippen LogP contribution in [0.3, 0.4) is 0 Å². The molecule has 1 unspecified atom stereocenters. The number of hydrogen-bond donors (Lipinski definition) is 2. The predicted octanol–water partition coefficient (Wildman–Crippen LogP) is 1.91. The van der Waals surface area contributed by atoms with Gasteiger partial charge in [0.15, 0.2) is 0 Å². The summed E-state index contributed by atoms with van der Waals surface area (Å²) in [4.78, 5) is 15.9. The minimum Gasteiger partial charge on any atom is -0.325 e. The Kier molecular flexibility index (Phi) is 4.92. The molecule has 0 saturated carbocycles. The van der Waals surface area contributed by atoms with Gasteiger partial charge in [-0.1, -0.05) is 26.3 Å². The standard InChI is InChI=1S/C12H19N3O/c1-3-5-9(2)12(16)15-11-7-4-6-10(8-13)14-11/h4,6-7,9H,3,5,8,13H2,1-2H3,(H,14,15,16). The molecule has 1 aromatic heterocycles. The average molecular weight is 221 g/mol. The monoisotopic (exact) mass is 221 g/mol. The number of anilines is 1. The van der Waals surface area contributed by atoms with Crippen LogP contribution in [0.1, 0.15) is 32.4 Å². The van der Waals surface area contributed by atoms with Gasteiger partial charge in [0.2, 0.25) is 5.91 Å². The number of carbonyl (C=O) groups excluding carboxylic acids is 1. The third-order valence-corrected chi connectivity index (χ3v) is 2.44. The topological polar surface area (TPSA) is 68.0 Å². The minimum atomic E-state index is 0.0171. The van der Waals surface area contributed by atoms with E-state index in [-0.39, 0.29) is 11.8 Å². The number of hydrogen-bond acceptors (Lipinski definition) is 3. The first-order chi connectivity index (χ1) is 7.67. The van der Waals surface area contributed by atoms with Gasteiger partial charge in [0.25, 0.3) is 0 Å². The van der Waals surface area contributed by atoms with Crippen molar-refractivity contribution in [2.75, 3.05) is 5.32 Å². The fourth-order valence-corrected chi connectivity index (χ4v) is 1.48. The lowest BCUT2D eigenvalue weighted by molar-refractivity contribution is -0.119. The lowest BCUT2D eigenvalue weighted by Crippen LogP contribution is -2.21. The van der Waals surface area contributed by atoms with Crippen LogP contribution in [0.2, 0.25) is 0 Å². The van der Waals surface area contributed by atoms with Gasteiger partial charge in [-0.05, 0) is 18.6 Å². The first kappa shape index (κ1) is 12.6. The molecule has 0 saturated heterocycles. The third-order valence-electron chi connectivity index (χ3n) is 2.44. The van der Waals surface area contributed by atoms with Gasteiger partial charge in [0, 0.05) is 12.5 Å². The van der Waals surface area contributed by atoms with Crippen LogP contribution in [0.15, 0.2) is 18.2 Å². The number of nitrogens with one attached hydrogen (secondary N) is 1. The van der Waals surface area contributed by atoms with Gasteiger partial charge in [-0.25, -0.2) is 4.98 Å². The number of carbonyl (C=O) groups is 1. The summed E-state index contributed by atoms with van der Waals surface area (Å²) >= 11 is 0. The quantitative estimate of drug-likeness (QED) is 0.798. The van der Waals surface area contributed by atoms with E-state index in [0.29, 0.717) is 12.4 Å². The van der Waals surface area contributed by atoms with Gasteiger partial charge >= 0.3 is 0 Å². The third kappa shape index (κ3) is 3.62. The molecule has 0 radical (unpaired) electrons. The van der Waals surface area contributed by atoms with Gasteiger partial charge in [0.1, 0.15) is 5.82 Å². The van der Waals surface area contributed by atoms with Crippen LogP contribution in [0, 0.1) is 5.92 Å². The first-order valence-corrected chi connectivity index (χ1v) is 5.64. The Morgan fingerprint density at radius 3 is 2.94 bits per heavy atom. The molecule has 88 valence electrons. The van der Waals surface area contributed by atoms with Crippen molar-refractivity contribution in [3.05, 3.63) is 23.9 Å². The molecule has 16 heavy (non-hydrogen) atoms. The minimum absolute atomic E-state index is 0.0171. The van der Waals surface area contributed by atoms with Crippen molar-refractivity contribution in [3.63, 3.8) is 0 Å². The van der Waals surface area contributed by atoms with Crippen LogP contribution in [0.4, 0.5) is 5.82 Å². The maximum absolute atomic E-state index is 11.7. The molecule has 4 heteroatoms. The number of nitrogens with two attached hydrogens (primary N) is 1. The SMILES string of the molecule is CCCC(C)C(=O)Nc1cccc(CN)n1. The zero-order valence-electron chi connectivity index (χ0n) is 9.86. The van der Waals surface area contributed by atoms with Gasteiger partial charge in [-0.2, -0.15) is 0 Å². The molecule has 0 fully saturated rings. The highest BCUT2D eigenvalue weighted by molar-refractivity contribution is 5.91. The number of amides is 1. The van der Waals surface area contributed by atoms with E-state index in [1.807, 2.05) is 19.1 Å². The lowest BCUT2D eigenvalue weighted by Gasteiger charge is -2.10. The second-order valence-electron chi connectivity index (χ2n) is 3.90. The second kappa shape index (κ2) is 6.23. The van der Waals surface area contributed by atoms with E-state index in [1.165, 1.54) is 0 Å². The van der Waals surface area contributed by atoms with Gasteiger partial charge in [-0.3, -0.25) is 4.79 Å². The van der Waals surface area contributed by atoms with E-state index in [9.17, 15) is 4.79 Å². The molecule has 0 aliphatic heterocycles. The smallest absolute Gasteiger partial charge is 0.228 e. The van der Waals surface area contributed by atoms with Crippen LogP contribution < -0.4 is 11.1 Å². The molecule has 1 heterocycles. The predicted molar refractivity (Wildman–Crippen MR) is 64.8 cm³/mol. The summed E-state index contributed by atoms with van der Waals surface area (Å²) in [7, 11) is 0. The maximum atomic E-state index is 11.7. The van der Waals surface area contributed by atoms with E-state index in [2.05, 4.69) is 17.2 Å². The molecule has 0 spiro atoms. The number of rotatable bonds is 5. The Balaban J connectivity index is 2.61. The largest absolute Gasteiger partial charge is 0.325 e. The number of nitrogens with zero attached hydrogens (tertiary/aromatic N) is 1. The first-order valence-electron chi connectivity index (χ1n) is 5.64. The highest BCUT2D eigenvalue weighted by Crippen LogP contribution is 2.10. The highest BCUT2D eigenvalue weighted by Gasteiger charge is 2.12. The van der Waals surface area contributed by atoms with Crippen molar-refractivity contribution >= 4 is 11.7 Å². The molecular formula is C12H19N3O. The average Bonchev–Trinajstić information content (AvgIpc) is 2.29. The fourth-order valence-electron chi connectivity index (χ4n) is 1.48. The van der Waals surface area contributed by atoms with Crippen LogP contribution in [-0.2, 0) is 11.3 Å². The zero-order chi connectivity index (χ0) is 12.0. The molecule has 1 rings (SSSR count). The number of aromatic nitrogens is 1. The van der Waals surface area contributed by atoms with Crippen LogP contribution in [-0.4, -0.2) is 10.9 Å². The van der Waals surface area contributed by atoms with E-state index < -0.39 is 0 Å². The molecule has 0 bridgehead atoms. The molecule has 0 aliphatic carbocycles. The summed E-state index contributed by atoms with van der Waals surface area (Å²) in [6.45, 7) is 4.37. The Labute approximate surface area is 96.3 Å². The van der Waals surface area contributed by atoms with Crippen molar-refractivity contribution in [1.29, 1.82) is 0 Å². The molecular weight excluding hydrogens is 202 g/mol. The molecule has 1 amide bonds. The van der Waals surface area contributed by atoms with E-state index >= 15 is 0 Å². The van der Waals surface area contributed by atoms with Crippen LogP contribution >= 0.6 is 0 Å². The fraction of sp³-hybridized carbons (Fsp3) is 0.500. The Morgan fingerprint density at radius 2 is 2.31 bits per heavy atom. The van der Waals surface area contributed by atoms with Crippen molar-refractivity contribution in [1.82, 2.24) is 4.98 Å². The summed E-state index contributed by atoms with van der Waals surface area (Å²) < 4.78 is 0. The van der Waals surface area contributed by atoms with Crippen molar-refractivity contribution < 1.29 is 4.79 Å². The molecule has 3 N–H and O–H groups in total. The van der Waals surface area contributed by atoms with Crippen molar-refractivity contribution in [2.24, 2.45) is 11.7 Å². The summed E-state index contributed by atoms with van der Waals surface area (Å²) in [5.41, 5.74) is 6.26. The van der Waals surface area contributed by atoms with E-state index in [1.54, 1.807) is 6.07 Å². The second-order valence-corrected chi connectivity index (χ2v) is 3.90. The molecule has 1 aromatic rings.